The van der Waals surface area contributed by atoms with E-state index in [2.05, 4.69) is 24.9 Å². The normalized spacial score (nSPS) is 19.6. The Morgan fingerprint density at radius 3 is 2.89 bits per heavy atom. The highest BCUT2D eigenvalue weighted by molar-refractivity contribution is 8.00. The number of carboxylic acid groups (broad SMARTS) is 1. The minimum absolute atomic E-state index is 0.0502. The van der Waals surface area contributed by atoms with Crippen molar-refractivity contribution in [3.63, 3.8) is 0 Å². The molecule has 2 amide bonds. The highest BCUT2D eigenvalue weighted by atomic mass is 32.2. The van der Waals surface area contributed by atoms with Gasteiger partial charge in [-0.05, 0) is 24.6 Å². The molecule has 196 valence electrons. The highest BCUT2D eigenvalue weighted by Gasteiger charge is 2.53. The Hall–Kier alpha value is -4.31. The summed E-state index contributed by atoms with van der Waals surface area (Å²) in [6, 6.07) is 2.74. The quantitative estimate of drug-likeness (QED) is 0.144. The standard InChI is InChI=1S/C22H21N9O5S2/c1-3-29-8-9-30-13(29)7-6-12(26-30)5-4-11-10-37-20-15(19(33)31(20)16(11)21(34)35)24-18(32)14(27-36-2)17-25-22(23)38-28-17/h4-9,15,20H,3,10H2,1-2H3,(H3-,23,24,25,28,32,34,35)/b5-4+,27-14-/t15-,20-/m1/s1. The molecule has 0 bridgehead atoms. The van der Waals surface area contributed by atoms with E-state index in [1.807, 2.05) is 36.0 Å². The number of aromatic nitrogens is 5. The second-order valence-electron chi connectivity index (χ2n) is 8.08. The van der Waals surface area contributed by atoms with Gasteiger partial charge >= 0.3 is 5.65 Å². The molecule has 5 heterocycles. The number of carboxylic acids is 1. The van der Waals surface area contributed by atoms with E-state index >= 15 is 0 Å². The van der Waals surface area contributed by atoms with Gasteiger partial charge in [-0.3, -0.25) is 14.5 Å². The van der Waals surface area contributed by atoms with Crippen LogP contribution in [0.5, 0.6) is 0 Å². The van der Waals surface area contributed by atoms with Crippen LogP contribution in [0.4, 0.5) is 5.13 Å². The maximum Gasteiger partial charge on any atom is 0.307 e. The first kappa shape index (κ1) is 25.3. The van der Waals surface area contributed by atoms with Crippen molar-refractivity contribution >= 4 is 63.6 Å². The number of aliphatic carboxylic acids is 1. The molecular weight excluding hydrogens is 534 g/mol. The van der Waals surface area contributed by atoms with Crippen LogP contribution in [0.1, 0.15) is 18.4 Å². The number of amides is 2. The predicted octanol–water partition coefficient (Wildman–Crippen LogP) is -1.46. The van der Waals surface area contributed by atoms with Crippen LogP contribution in [-0.2, 0) is 25.8 Å². The van der Waals surface area contributed by atoms with Crippen LogP contribution in [0.3, 0.4) is 0 Å². The summed E-state index contributed by atoms with van der Waals surface area (Å²) in [7, 11) is 1.25. The van der Waals surface area contributed by atoms with Crippen molar-refractivity contribution in [3.8, 4) is 0 Å². The molecule has 0 radical (unpaired) electrons. The average Bonchev–Trinajstić information content (AvgIpc) is 3.53. The number of carbonyl (C=O) groups is 3. The van der Waals surface area contributed by atoms with Gasteiger partial charge in [0.15, 0.2) is 11.3 Å². The number of hydrogen-bond acceptors (Lipinski definition) is 12. The number of β-lactam (4-membered cyclic amide) rings is 1. The maximum absolute atomic E-state index is 13.0. The van der Waals surface area contributed by atoms with Gasteiger partial charge in [-0.2, -0.15) is 9.36 Å². The molecule has 0 aliphatic carbocycles. The molecule has 5 rings (SSSR count). The summed E-state index contributed by atoms with van der Waals surface area (Å²) >= 11 is 2.18. The number of nitrogens with one attached hydrogen (secondary N) is 1. The minimum atomic E-state index is -1.49. The van der Waals surface area contributed by atoms with Crippen LogP contribution in [0, 0.1) is 0 Å². The first-order valence-electron chi connectivity index (χ1n) is 11.3. The van der Waals surface area contributed by atoms with Crippen LogP contribution in [-0.4, -0.2) is 71.6 Å². The lowest BCUT2D eigenvalue weighted by atomic mass is 10.0. The molecule has 1 fully saturated rings. The number of imidazole rings is 1. The van der Waals surface area contributed by atoms with Gasteiger partial charge in [-0.25, -0.2) is 4.57 Å². The second kappa shape index (κ2) is 10.2. The SMILES string of the molecule is CC[n+]1ccn2nc(/C=C/C3=C(C(=O)[O-])N4C(=O)[C@@H](NC(=O)/C(=N\OC)c5nsc(N)n5)[C@H]4SC3)ccc21. The fourth-order valence-electron chi connectivity index (χ4n) is 4.12. The summed E-state index contributed by atoms with van der Waals surface area (Å²) in [6.07, 6.45) is 7.04. The summed E-state index contributed by atoms with van der Waals surface area (Å²) < 4.78 is 7.71. The van der Waals surface area contributed by atoms with E-state index in [4.69, 9.17) is 10.6 Å². The molecule has 2 atom stereocenters. The van der Waals surface area contributed by atoms with Crippen molar-refractivity contribution in [1.29, 1.82) is 0 Å². The van der Waals surface area contributed by atoms with Gasteiger partial charge in [-0.15, -0.1) is 16.3 Å². The molecule has 38 heavy (non-hydrogen) atoms. The lowest BCUT2D eigenvalue weighted by molar-refractivity contribution is -0.667. The average molecular weight is 556 g/mol. The lowest BCUT2D eigenvalue weighted by Crippen LogP contribution is -2.71. The number of nitrogens with two attached hydrogens (primary N) is 1. The lowest BCUT2D eigenvalue weighted by Gasteiger charge is -2.50. The topological polar surface area (TPSA) is 184 Å². The first-order chi connectivity index (χ1) is 18.3. The second-order valence-corrected chi connectivity index (χ2v) is 9.97. The van der Waals surface area contributed by atoms with Crippen molar-refractivity contribution in [3.05, 3.63) is 53.4 Å². The molecule has 3 aromatic heterocycles. The van der Waals surface area contributed by atoms with Crippen molar-refractivity contribution in [2.24, 2.45) is 5.16 Å². The summed E-state index contributed by atoms with van der Waals surface area (Å²) in [4.78, 5) is 47.6. The van der Waals surface area contributed by atoms with E-state index in [1.54, 1.807) is 16.7 Å². The minimum Gasteiger partial charge on any atom is -0.543 e. The molecule has 3 N–H and O–H groups in total. The van der Waals surface area contributed by atoms with Gasteiger partial charge in [0.2, 0.25) is 11.5 Å². The van der Waals surface area contributed by atoms with Crippen molar-refractivity contribution in [2.45, 2.75) is 24.9 Å². The van der Waals surface area contributed by atoms with Gasteiger partial charge in [-0.1, -0.05) is 16.3 Å². The number of aryl methyl sites for hydroxylation is 1. The smallest absolute Gasteiger partial charge is 0.307 e. The van der Waals surface area contributed by atoms with Crippen LogP contribution in [0.25, 0.3) is 11.7 Å². The Bertz CT molecular complexity index is 1540. The fraction of sp³-hybridized carbons (Fsp3) is 0.273. The van der Waals surface area contributed by atoms with Gasteiger partial charge in [0, 0.05) is 23.4 Å². The number of fused-ring (bicyclic) bond motifs is 2. The molecule has 2 aliphatic heterocycles. The Balaban J connectivity index is 1.35. The zero-order valence-corrected chi connectivity index (χ0v) is 21.7. The number of oxime groups is 1. The van der Waals surface area contributed by atoms with Crippen LogP contribution < -0.4 is 20.7 Å². The summed E-state index contributed by atoms with van der Waals surface area (Å²) in [5.41, 5.74) is 7.00. The Kier molecular flexibility index (Phi) is 6.81. The third-order valence-corrected chi connectivity index (χ3v) is 7.71. The molecule has 14 nitrogen and oxygen atoms in total. The third kappa shape index (κ3) is 4.47. The highest BCUT2D eigenvalue weighted by Crippen LogP contribution is 2.40. The summed E-state index contributed by atoms with van der Waals surface area (Å²) in [5.74, 6) is -2.63. The van der Waals surface area contributed by atoms with Crippen molar-refractivity contribution in [2.75, 3.05) is 18.6 Å². The Morgan fingerprint density at radius 2 is 2.21 bits per heavy atom. The van der Waals surface area contributed by atoms with Gasteiger partial charge in [0.1, 0.15) is 30.4 Å². The fourth-order valence-corrected chi connectivity index (χ4v) is 5.87. The van der Waals surface area contributed by atoms with Gasteiger partial charge in [0.05, 0.1) is 18.2 Å². The zero-order chi connectivity index (χ0) is 27.0. The number of thioether (sulfide) groups is 1. The number of rotatable bonds is 8. The van der Waals surface area contributed by atoms with E-state index in [-0.39, 0.29) is 28.1 Å². The summed E-state index contributed by atoms with van der Waals surface area (Å²) in [6.45, 7) is 2.83. The van der Waals surface area contributed by atoms with E-state index in [1.165, 1.54) is 18.9 Å². The van der Waals surface area contributed by atoms with E-state index in [0.717, 1.165) is 28.6 Å². The largest absolute Gasteiger partial charge is 0.543 e. The van der Waals surface area contributed by atoms with Gasteiger partial charge in [0.25, 0.3) is 11.8 Å². The molecule has 0 aromatic carbocycles. The molecule has 16 heteroatoms. The van der Waals surface area contributed by atoms with E-state index in [9.17, 15) is 19.5 Å². The van der Waals surface area contributed by atoms with Crippen molar-refractivity contribution < 1.29 is 28.9 Å². The van der Waals surface area contributed by atoms with Gasteiger partial charge < -0.3 is 25.8 Å². The molecule has 3 aromatic rings. The van der Waals surface area contributed by atoms with Crippen molar-refractivity contribution in [1.82, 2.24) is 29.2 Å². The Labute approximate surface area is 223 Å². The van der Waals surface area contributed by atoms with Crippen LogP contribution in [0.2, 0.25) is 0 Å². The molecule has 0 unspecified atom stereocenters. The molecule has 2 aliphatic rings. The molecule has 0 saturated carbocycles. The number of nitrogen functional groups attached to an aromatic ring is 1. The first-order valence-corrected chi connectivity index (χ1v) is 13.1. The maximum atomic E-state index is 13.0. The van der Waals surface area contributed by atoms with Crippen LogP contribution in [0.15, 0.2) is 47.0 Å². The van der Waals surface area contributed by atoms with Crippen LogP contribution >= 0.6 is 23.3 Å². The van der Waals surface area contributed by atoms with E-state index in [0.29, 0.717) is 11.3 Å². The number of anilines is 1. The molecule has 1 saturated heterocycles. The number of nitrogens with zero attached hydrogens (tertiary/aromatic N) is 7. The van der Waals surface area contributed by atoms with E-state index < -0.39 is 29.2 Å². The monoisotopic (exact) mass is 555 g/mol. The Morgan fingerprint density at radius 1 is 1.39 bits per heavy atom. The molecule has 0 spiro atoms. The number of hydrogen-bond donors (Lipinski definition) is 2. The zero-order valence-electron chi connectivity index (χ0n) is 20.1. The summed E-state index contributed by atoms with van der Waals surface area (Å²) in [5, 5.41) is 22.3. The third-order valence-electron chi connectivity index (χ3n) is 5.87. The predicted molar refractivity (Wildman–Crippen MR) is 135 cm³/mol. The number of allylic oxidation sites excluding steroid dienone is 1. The molecular formula is C22H21N9O5S2. The number of carbonyl (C=O) groups excluding carboxylic acids is 3.